The molecule has 0 unspecified atom stereocenters. The number of hydrogen-bond donors (Lipinski definition) is 0. The maximum Gasteiger partial charge on any atom is 0 e. The minimum atomic E-state index is 0. The van der Waals surface area contributed by atoms with E-state index in [2.05, 4.69) is 44.6 Å². The molecule has 0 amide bonds. The fourth-order valence-corrected chi connectivity index (χ4v) is 1.02. The molecule has 0 fully saturated rings. The van der Waals surface area contributed by atoms with Gasteiger partial charge >= 0.3 is 56.5 Å². The predicted molar refractivity (Wildman–Crippen MR) is 53.3 cm³/mol. The Morgan fingerprint density at radius 1 is 0.947 bits per heavy atom. The second-order valence-electron chi connectivity index (χ2n) is 1.32. The van der Waals surface area contributed by atoms with Crippen LogP contribution >= 0.6 is 11.3 Å². The molecule has 0 aromatic carbocycles. The number of hydrogen-bond acceptors (Lipinski definition) is 2. The smallest absolute Gasteiger partial charge is 0 e. The van der Waals surface area contributed by atoms with E-state index in [0.717, 1.165) is 5.56 Å². The van der Waals surface area contributed by atoms with Crippen molar-refractivity contribution in [1.82, 2.24) is 0 Å². The van der Waals surface area contributed by atoms with Gasteiger partial charge in [0.1, 0.15) is 0 Å². The van der Waals surface area contributed by atoms with Gasteiger partial charge in [0.2, 0.25) is 0 Å². The Bertz CT molecular complexity index is 277. The van der Waals surface area contributed by atoms with Crippen LogP contribution in [0, 0.1) is 39.9 Å². The van der Waals surface area contributed by atoms with E-state index in [4.69, 9.17) is 23.3 Å². The second kappa shape index (κ2) is 68.5. The third-order valence-electron chi connectivity index (χ3n) is 0.741. The molecular formula is C11H6CrO6S. The van der Waals surface area contributed by atoms with Crippen LogP contribution in [0.2, 0.25) is 0 Å². The van der Waals surface area contributed by atoms with Crippen molar-refractivity contribution in [1.29, 1.82) is 0 Å². The van der Waals surface area contributed by atoms with Gasteiger partial charge < -0.3 is 4.74 Å². The fraction of sp³-hybridized carbons (Fsp3) is 0.0909. The molecule has 1 rings (SSSR count). The average Bonchev–Trinajstić information content (AvgIpc) is 3.03. The first-order valence-electron chi connectivity index (χ1n) is 3.27. The molecule has 0 saturated carbocycles. The summed E-state index contributed by atoms with van der Waals surface area (Å²) in [7, 11) is 1.59. The standard InChI is InChI=1S/C6H6OS.5CO.Cr/c1-7-4-6-2-3-8-5-6;5*1-2;/h2-3,5H,1H3;;;;;;. The first kappa shape index (κ1) is 36.1. The first-order valence-corrected chi connectivity index (χ1v) is 4.21. The van der Waals surface area contributed by atoms with Crippen molar-refractivity contribution in [3.05, 3.63) is 62.2 Å². The van der Waals surface area contributed by atoms with Crippen LogP contribution in [0.5, 0.6) is 0 Å². The SMILES string of the molecule is CO[C]c1ccsc1.[C-]#[O+].[C-]#[O+].[C-]#[O+].[C-]#[O+].[C-]#[O+].[Cr]. The third kappa shape index (κ3) is 47.4. The van der Waals surface area contributed by atoms with Gasteiger partial charge in [0, 0.05) is 30.0 Å². The summed E-state index contributed by atoms with van der Waals surface area (Å²) in [5.41, 5.74) is 1.01. The van der Waals surface area contributed by atoms with Crippen LogP contribution in [-0.4, -0.2) is 7.11 Å². The topological polar surface area (TPSA) is 109 Å². The minimum absolute atomic E-state index is 0. The zero-order valence-corrected chi connectivity index (χ0v) is 11.6. The molecule has 0 saturated heterocycles. The van der Waals surface area contributed by atoms with Crippen LogP contribution < -0.4 is 0 Å². The zero-order chi connectivity index (χ0) is 15.8. The summed E-state index contributed by atoms with van der Waals surface area (Å²) in [4.78, 5) is 0. The summed E-state index contributed by atoms with van der Waals surface area (Å²) in [5, 5.41) is 3.96. The second-order valence-corrected chi connectivity index (χ2v) is 2.10. The van der Waals surface area contributed by atoms with Crippen molar-refractivity contribution < 1.29 is 45.4 Å². The molecule has 98 valence electrons. The zero-order valence-electron chi connectivity index (χ0n) is 9.50. The largest absolute Gasteiger partial charge is 0 e. The average molecular weight is 318 g/mol. The van der Waals surface area contributed by atoms with Gasteiger partial charge in [0.05, 0.1) is 0 Å². The number of ether oxygens (including phenoxy) is 1. The van der Waals surface area contributed by atoms with Gasteiger partial charge in [-0.15, -0.1) is 0 Å². The molecule has 0 atom stereocenters. The molecule has 0 aliphatic heterocycles. The van der Waals surface area contributed by atoms with E-state index in [9.17, 15) is 0 Å². The van der Waals surface area contributed by atoms with Gasteiger partial charge in [-0.2, -0.15) is 11.3 Å². The molecule has 1 heterocycles. The van der Waals surface area contributed by atoms with Crippen molar-refractivity contribution in [3.8, 4) is 0 Å². The van der Waals surface area contributed by atoms with Gasteiger partial charge in [-0.05, 0) is 16.8 Å². The van der Waals surface area contributed by atoms with Gasteiger partial charge in [-0.1, -0.05) is 0 Å². The summed E-state index contributed by atoms with van der Waals surface area (Å²) in [5.74, 6) is 0. The number of rotatable bonds is 2. The number of thiophene rings is 1. The number of methoxy groups -OCH3 is 1. The van der Waals surface area contributed by atoms with Crippen molar-refractivity contribution in [3.63, 3.8) is 0 Å². The molecule has 8 heteroatoms. The van der Waals surface area contributed by atoms with Crippen molar-refractivity contribution >= 4 is 11.3 Å². The normalized spacial score (nSPS) is 4.58. The molecular weight excluding hydrogens is 312 g/mol. The summed E-state index contributed by atoms with van der Waals surface area (Å²) in [6.45, 7) is 25.2. The fourth-order valence-electron chi connectivity index (χ4n) is 0.440. The monoisotopic (exact) mass is 318 g/mol. The molecule has 0 bridgehead atoms. The quantitative estimate of drug-likeness (QED) is 0.599. The Morgan fingerprint density at radius 2 is 1.32 bits per heavy atom. The van der Waals surface area contributed by atoms with Crippen LogP contribution in [0.3, 0.4) is 0 Å². The minimum Gasteiger partial charge on any atom is 0 e. The Hall–Kier alpha value is -1.11. The van der Waals surface area contributed by atoms with E-state index in [-0.39, 0.29) is 17.4 Å². The van der Waals surface area contributed by atoms with E-state index in [1.807, 2.05) is 16.8 Å². The maximum absolute atomic E-state index is 7.50. The van der Waals surface area contributed by atoms with Crippen LogP contribution in [0.1, 0.15) is 5.56 Å². The Labute approximate surface area is 126 Å². The van der Waals surface area contributed by atoms with E-state index < -0.39 is 0 Å². The van der Waals surface area contributed by atoms with Crippen LogP contribution in [-0.2, 0) is 45.4 Å². The van der Waals surface area contributed by atoms with Crippen LogP contribution in [0.25, 0.3) is 0 Å². The first-order chi connectivity index (χ1) is 8.93. The van der Waals surface area contributed by atoms with Gasteiger partial charge in [-0.25, -0.2) is 0 Å². The van der Waals surface area contributed by atoms with Gasteiger partial charge in [-0.3, -0.25) is 0 Å². The summed E-state index contributed by atoms with van der Waals surface area (Å²) in [6, 6.07) is 1.95. The molecule has 0 N–H and O–H groups in total. The molecule has 0 aliphatic rings. The summed E-state index contributed by atoms with van der Waals surface area (Å²) < 4.78 is 42.1. The molecule has 2 radical (unpaired) electrons. The molecule has 19 heavy (non-hydrogen) atoms. The van der Waals surface area contributed by atoms with Crippen molar-refractivity contribution in [2.24, 2.45) is 0 Å². The Morgan fingerprint density at radius 3 is 1.53 bits per heavy atom. The van der Waals surface area contributed by atoms with Crippen LogP contribution in [0.4, 0.5) is 0 Å². The van der Waals surface area contributed by atoms with E-state index in [1.165, 1.54) is 0 Å². The summed E-state index contributed by atoms with van der Waals surface area (Å²) in [6.07, 6.45) is 0. The van der Waals surface area contributed by atoms with Gasteiger partial charge in [0.15, 0.2) is 6.61 Å². The van der Waals surface area contributed by atoms with Gasteiger partial charge in [0.25, 0.3) is 0 Å². The Balaban J connectivity index is -0.0000000332. The Kier molecular flexibility index (Phi) is 130. The molecule has 0 spiro atoms. The molecule has 1 aromatic heterocycles. The molecule has 6 nitrogen and oxygen atoms in total. The predicted octanol–water partition coefficient (Wildman–Crippen LogP) is 1.59. The maximum atomic E-state index is 7.50. The summed E-state index contributed by atoms with van der Waals surface area (Å²) >= 11 is 1.64. The van der Waals surface area contributed by atoms with E-state index in [0.29, 0.717) is 0 Å². The van der Waals surface area contributed by atoms with Crippen molar-refractivity contribution in [2.75, 3.05) is 7.11 Å². The van der Waals surface area contributed by atoms with E-state index in [1.54, 1.807) is 18.4 Å². The van der Waals surface area contributed by atoms with E-state index >= 15 is 0 Å². The van der Waals surface area contributed by atoms with Crippen LogP contribution in [0.15, 0.2) is 16.8 Å². The molecule has 1 aromatic rings. The van der Waals surface area contributed by atoms with Crippen molar-refractivity contribution in [2.45, 2.75) is 0 Å². The molecule has 0 aliphatic carbocycles. The third-order valence-corrected chi connectivity index (χ3v) is 1.42.